The molecule has 0 aromatic heterocycles. The Labute approximate surface area is 111 Å². The first-order valence-corrected chi connectivity index (χ1v) is 9.65. The summed E-state index contributed by atoms with van der Waals surface area (Å²) >= 11 is 0. The number of rotatable bonds is 7. The van der Waals surface area contributed by atoms with Crippen LogP contribution in [0.2, 0.25) is 19.1 Å². The Morgan fingerprint density at radius 2 is 2.11 bits per heavy atom. The Morgan fingerprint density at radius 3 is 2.72 bits per heavy atom. The fourth-order valence-electron chi connectivity index (χ4n) is 1.85. The molecule has 0 N–H and O–H groups in total. The van der Waals surface area contributed by atoms with Crippen LogP contribution in [0.3, 0.4) is 0 Å². The fourth-order valence-corrected chi connectivity index (χ4v) is 3.74. The van der Waals surface area contributed by atoms with Gasteiger partial charge in [-0.15, -0.1) is 0 Å². The molecule has 1 rings (SSSR count). The van der Waals surface area contributed by atoms with E-state index in [4.69, 9.17) is 4.43 Å². The van der Waals surface area contributed by atoms with E-state index < -0.39 is 8.32 Å². The van der Waals surface area contributed by atoms with Crippen molar-refractivity contribution in [2.24, 2.45) is 0 Å². The zero-order valence-electron chi connectivity index (χ0n) is 11.6. The molecular formula is C15H23FOSi. The summed E-state index contributed by atoms with van der Waals surface area (Å²) in [6.07, 6.45) is 4.15. The van der Waals surface area contributed by atoms with Crippen LogP contribution in [-0.4, -0.2) is 8.32 Å². The fraction of sp³-hybridized carbons (Fsp3) is 0.467. The van der Waals surface area contributed by atoms with Crippen LogP contribution in [-0.2, 0) is 11.0 Å². The first-order chi connectivity index (χ1) is 8.48. The van der Waals surface area contributed by atoms with Gasteiger partial charge in [0.15, 0.2) is 8.32 Å². The number of hydrogen-bond donors (Lipinski definition) is 0. The predicted molar refractivity (Wildman–Crippen MR) is 78.5 cm³/mol. The topological polar surface area (TPSA) is 9.23 Å². The summed E-state index contributed by atoms with van der Waals surface area (Å²) in [5.41, 5.74) is 1.85. The Bertz CT molecular complexity index is 401. The van der Waals surface area contributed by atoms with Gasteiger partial charge in [-0.3, -0.25) is 0 Å². The van der Waals surface area contributed by atoms with Crippen molar-refractivity contribution in [3.63, 3.8) is 0 Å². The zero-order valence-corrected chi connectivity index (χ0v) is 12.6. The number of benzene rings is 1. The molecule has 0 saturated heterocycles. The molecule has 1 aromatic carbocycles. The molecule has 0 fully saturated rings. The third-order valence-corrected chi connectivity index (χ3v) is 5.56. The quantitative estimate of drug-likeness (QED) is 0.632. The van der Waals surface area contributed by atoms with Crippen molar-refractivity contribution in [2.45, 2.75) is 45.5 Å². The third kappa shape index (κ3) is 4.74. The highest BCUT2D eigenvalue weighted by atomic mass is 28.4. The van der Waals surface area contributed by atoms with Crippen molar-refractivity contribution < 1.29 is 8.82 Å². The van der Waals surface area contributed by atoms with E-state index in [1.54, 1.807) is 18.2 Å². The molecule has 100 valence electrons. The van der Waals surface area contributed by atoms with E-state index in [1.807, 2.05) is 0 Å². The minimum Gasteiger partial charge on any atom is -0.413 e. The lowest BCUT2D eigenvalue weighted by molar-refractivity contribution is 0.293. The van der Waals surface area contributed by atoms with E-state index in [9.17, 15) is 4.39 Å². The van der Waals surface area contributed by atoms with Crippen molar-refractivity contribution in [1.82, 2.24) is 0 Å². The molecule has 18 heavy (non-hydrogen) atoms. The van der Waals surface area contributed by atoms with Gasteiger partial charge < -0.3 is 4.43 Å². The number of halogens is 1. The van der Waals surface area contributed by atoms with E-state index in [2.05, 4.69) is 26.6 Å². The van der Waals surface area contributed by atoms with Crippen LogP contribution in [0.1, 0.15) is 30.9 Å². The van der Waals surface area contributed by atoms with Crippen molar-refractivity contribution in [1.29, 1.82) is 0 Å². The lowest BCUT2D eigenvalue weighted by Crippen LogP contribution is -2.29. The molecular weight excluding hydrogens is 243 g/mol. The van der Waals surface area contributed by atoms with Gasteiger partial charge >= 0.3 is 0 Å². The molecule has 0 bridgehead atoms. The maximum Gasteiger partial charge on any atom is 0.187 e. The summed E-state index contributed by atoms with van der Waals surface area (Å²) in [5.74, 6) is -0.216. The molecule has 1 aromatic rings. The molecule has 0 heterocycles. The van der Waals surface area contributed by atoms with Crippen LogP contribution in [0.25, 0.3) is 6.08 Å². The minimum absolute atomic E-state index is 0.216. The molecule has 1 nitrogen and oxygen atoms in total. The maximum absolute atomic E-state index is 13.2. The standard InChI is InChI=1S/C15H23FOSi/c1-5-7-10-18(3,4)17-12-14-11-15(16)9-8-13(14)6-2/h6,8-9,11H,2,5,7,10,12H2,1,3-4H3. The Morgan fingerprint density at radius 1 is 1.39 bits per heavy atom. The van der Waals surface area contributed by atoms with Gasteiger partial charge in [0.05, 0.1) is 6.61 Å². The average Bonchev–Trinajstić information content (AvgIpc) is 2.34. The van der Waals surface area contributed by atoms with Crippen molar-refractivity contribution in [3.8, 4) is 0 Å². The second-order valence-corrected chi connectivity index (χ2v) is 9.51. The summed E-state index contributed by atoms with van der Waals surface area (Å²) in [6.45, 7) is 10.9. The van der Waals surface area contributed by atoms with E-state index in [-0.39, 0.29) is 5.82 Å². The molecule has 0 amide bonds. The van der Waals surface area contributed by atoms with Crippen molar-refractivity contribution in [2.75, 3.05) is 0 Å². The van der Waals surface area contributed by atoms with Gasteiger partial charge in [0, 0.05) is 0 Å². The van der Waals surface area contributed by atoms with E-state index in [0.29, 0.717) is 6.61 Å². The largest absolute Gasteiger partial charge is 0.413 e. The summed E-state index contributed by atoms with van der Waals surface area (Å²) in [7, 11) is -1.62. The van der Waals surface area contributed by atoms with Crippen LogP contribution in [0.5, 0.6) is 0 Å². The predicted octanol–water partition coefficient (Wildman–Crippen LogP) is 4.99. The van der Waals surface area contributed by atoms with E-state index in [0.717, 1.165) is 17.2 Å². The number of hydrogen-bond acceptors (Lipinski definition) is 1. The van der Waals surface area contributed by atoms with Gasteiger partial charge in [-0.1, -0.05) is 38.5 Å². The molecule has 0 unspecified atom stereocenters. The lowest BCUT2D eigenvalue weighted by Gasteiger charge is -2.23. The lowest BCUT2D eigenvalue weighted by atomic mass is 10.1. The normalized spacial score (nSPS) is 11.6. The summed E-state index contributed by atoms with van der Waals surface area (Å²) < 4.78 is 19.3. The minimum atomic E-state index is -1.62. The average molecular weight is 266 g/mol. The molecule has 0 atom stereocenters. The molecule has 0 spiro atoms. The van der Waals surface area contributed by atoms with Crippen molar-refractivity contribution >= 4 is 14.4 Å². The van der Waals surface area contributed by atoms with Gasteiger partial charge in [-0.2, -0.15) is 0 Å². The maximum atomic E-state index is 13.2. The molecule has 0 aliphatic carbocycles. The first kappa shape index (κ1) is 15.1. The zero-order chi connectivity index (χ0) is 13.6. The van der Waals surface area contributed by atoms with Crippen LogP contribution in [0, 0.1) is 5.82 Å². The third-order valence-electron chi connectivity index (χ3n) is 3.08. The van der Waals surface area contributed by atoms with Gasteiger partial charge in [0.25, 0.3) is 0 Å². The van der Waals surface area contributed by atoms with Crippen LogP contribution in [0.15, 0.2) is 24.8 Å². The Kier molecular flexibility index (Phi) is 5.76. The van der Waals surface area contributed by atoms with Gasteiger partial charge in [0.2, 0.25) is 0 Å². The summed E-state index contributed by atoms with van der Waals surface area (Å²) in [6, 6.07) is 5.91. The van der Waals surface area contributed by atoms with E-state index >= 15 is 0 Å². The van der Waals surface area contributed by atoms with Crippen LogP contribution < -0.4 is 0 Å². The van der Waals surface area contributed by atoms with Crippen LogP contribution in [0.4, 0.5) is 4.39 Å². The Balaban J connectivity index is 2.67. The van der Waals surface area contributed by atoms with Gasteiger partial charge in [0.1, 0.15) is 5.82 Å². The SMILES string of the molecule is C=Cc1ccc(F)cc1CO[Si](C)(C)CCCC. The second kappa shape index (κ2) is 6.85. The summed E-state index contributed by atoms with van der Waals surface area (Å²) in [4.78, 5) is 0. The number of unbranched alkanes of at least 4 members (excludes halogenated alkanes) is 1. The first-order valence-electron chi connectivity index (χ1n) is 6.53. The molecule has 3 heteroatoms. The van der Waals surface area contributed by atoms with E-state index in [1.165, 1.54) is 18.9 Å². The highest BCUT2D eigenvalue weighted by Gasteiger charge is 2.21. The molecule has 0 radical (unpaired) electrons. The smallest absolute Gasteiger partial charge is 0.187 e. The van der Waals surface area contributed by atoms with Gasteiger partial charge in [-0.25, -0.2) is 4.39 Å². The molecule has 0 aliphatic rings. The monoisotopic (exact) mass is 266 g/mol. The molecule has 0 saturated carbocycles. The second-order valence-electron chi connectivity index (χ2n) is 5.20. The van der Waals surface area contributed by atoms with Crippen LogP contribution >= 0.6 is 0 Å². The highest BCUT2D eigenvalue weighted by molar-refractivity contribution is 6.71. The summed E-state index contributed by atoms with van der Waals surface area (Å²) in [5, 5.41) is 0. The Hall–Kier alpha value is -0.933. The molecule has 0 aliphatic heterocycles. The van der Waals surface area contributed by atoms with Gasteiger partial charge in [-0.05, 0) is 42.4 Å². The van der Waals surface area contributed by atoms with Crippen molar-refractivity contribution in [3.05, 3.63) is 41.7 Å². The highest BCUT2D eigenvalue weighted by Crippen LogP contribution is 2.20.